The molecule has 0 aromatic heterocycles. The van der Waals surface area contributed by atoms with Crippen molar-refractivity contribution < 1.29 is 13.9 Å². The third-order valence-electron chi connectivity index (χ3n) is 3.94. The molecule has 2 N–H and O–H groups in total. The number of carbonyl (C=O) groups excluding carboxylic acids is 1. The summed E-state index contributed by atoms with van der Waals surface area (Å²) in [6.07, 6.45) is 2.06. The zero-order valence-electron chi connectivity index (χ0n) is 14.4. The molecule has 1 aromatic carbocycles. The Balaban J connectivity index is 2.81. The molecule has 0 heterocycles. The van der Waals surface area contributed by atoms with Gasteiger partial charge in [-0.2, -0.15) is 0 Å². The average molecular weight is 322 g/mol. The maximum atomic E-state index is 12.5. The maximum Gasteiger partial charge on any atom is 0.150 e. The number of halogens is 1. The highest BCUT2D eigenvalue weighted by Crippen LogP contribution is 2.20. The van der Waals surface area contributed by atoms with Crippen molar-refractivity contribution in [2.45, 2.75) is 32.7 Å². The van der Waals surface area contributed by atoms with Crippen LogP contribution >= 0.6 is 0 Å². The number of benzene rings is 1. The summed E-state index contributed by atoms with van der Waals surface area (Å²) in [6, 6.07) is 5.29. The lowest BCUT2D eigenvalue weighted by Crippen LogP contribution is -2.39. The van der Waals surface area contributed by atoms with E-state index in [0.29, 0.717) is 23.2 Å². The molecule has 23 heavy (non-hydrogen) atoms. The van der Waals surface area contributed by atoms with Crippen molar-refractivity contribution >= 4 is 6.29 Å². The normalized spacial score (nSPS) is 12.6. The highest BCUT2D eigenvalue weighted by Gasteiger charge is 2.17. The van der Waals surface area contributed by atoms with Crippen LogP contribution in [0, 0.1) is 0 Å². The Hall–Kier alpha value is -1.72. The summed E-state index contributed by atoms with van der Waals surface area (Å²) in [5, 5.41) is 0. The SMILES string of the molecule is CN(CCc1cc(OC/C(=C/F)CN)ccc1C=O)C(C)(C)C. The molecule has 0 saturated carbocycles. The third-order valence-corrected chi connectivity index (χ3v) is 3.94. The highest BCUT2D eigenvalue weighted by atomic mass is 19.1. The lowest BCUT2D eigenvalue weighted by atomic mass is 10.0. The Labute approximate surface area is 138 Å². The van der Waals surface area contributed by atoms with E-state index in [1.165, 1.54) is 0 Å². The number of rotatable bonds is 8. The molecular weight excluding hydrogens is 295 g/mol. The van der Waals surface area contributed by atoms with Gasteiger partial charge >= 0.3 is 0 Å². The van der Waals surface area contributed by atoms with Crippen molar-refractivity contribution in [2.24, 2.45) is 5.73 Å². The zero-order chi connectivity index (χ0) is 17.5. The Morgan fingerprint density at radius 2 is 2.09 bits per heavy atom. The summed E-state index contributed by atoms with van der Waals surface area (Å²) in [5.74, 6) is 0.608. The van der Waals surface area contributed by atoms with Crippen LogP contribution in [-0.4, -0.2) is 43.5 Å². The molecule has 0 spiro atoms. The number of carbonyl (C=O) groups is 1. The molecule has 5 heteroatoms. The molecule has 4 nitrogen and oxygen atoms in total. The van der Waals surface area contributed by atoms with Gasteiger partial charge in [0, 0.05) is 29.8 Å². The number of ether oxygens (including phenoxy) is 1. The summed E-state index contributed by atoms with van der Waals surface area (Å²) in [7, 11) is 2.06. The summed E-state index contributed by atoms with van der Waals surface area (Å²) in [4.78, 5) is 13.4. The van der Waals surface area contributed by atoms with Crippen molar-refractivity contribution in [2.75, 3.05) is 26.7 Å². The second kappa shape index (κ2) is 8.79. The number of aldehydes is 1. The first-order valence-corrected chi connectivity index (χ1v) is 7.72. The third kappa shape index (κ3) is 6.12. The predicted molar refractivity (Wildman–Crippen MR) is 91.7 cm³/mol. The van der Waals surface area contributed by atoms with Crippen LogP contribution in [0.2, 0.25) is 0 Å². The van der Waals surface area contributed by atoms with Gasteiger partial charge in [0.05, 0.1) is 6.33 Å². The summed E-state index contributed by atoms with van der Waals surface area (Å²) in [6.45, 7) is 7.48. The van der Waals surface area contributed by atoms with Crippen LogP contribution in [0.5, 0.6) is 5.75 Å². The second-order valence-electron chi connectivity index (χ2n) is 6.58. The molecule has 0 amide bonds. The topological polar surface area (TPSA) is 55.6 Å². The molecule has 0 bridgehead atoms. The fourth-order valence-corrected chi connectivity index (χ4v) is 1.94. The van der Waals surface area contributed by atoms with Gasteiger partial charge in [-0.25, -0.2) is 4.39 Å². The van der Waals surface area contributed by atoms with Gasteiger partial charge in [0.1, 0.15) is 18.6 Å². The lowest BCUT2D eigenvalue weighted by molar-refractivity contribution is 0.112. The first kappa shape index (κ1) is 19.3. The molecule has 1 rings (SSSR count). The minimum absolute atomic E-state index is 0.0669. The molecule has 0 aliphatic rings. The van der Waals surface area contributed by atoms with Crippen molar-refractivity contribution in [1.29, 1.82) is 0 Å². The van der Waals surface area contributed by atoms with E-state index in [4.69, 9.17) is 10.5 Å². The molecule has 0 radical (unpaired) electrons. The van der Waals surface area contributed by atoms with Gasteiger partial charge in [0.15, 0.2) is 0 Å². The van der Waals surface area contributed by atoms with Gasteiger partial charge in [-0.05, 0) is 58.0 Å². The van der Waals surface area contributed by atoms with Gasteiger partial charge in [-0.3, -0.25) is 4.79 Å². The Bertz CT molecular complexity index is 550. The molecule has 0 fully saturated rings. The van der Waals surface area contributed by atoms with E-state index < -0.39 is 0 Å². The van der Waals surface area contributed by atoms with Crippen LogP contribution in [-0.2, 0) is 6.42 Å². The summed E-state index contributed by atoms with van der Waals surface area (Å²) >= 11 is 0. The Morgan fingerprint density at radius 1 is 1.39 bits per heavy atom. The van der Waals surface area contributed by atoms with Gasteiger partial charge in [0.25, 0.3) is 0 Å². The molecular formula is C18H27FN2O2. The van der Waals surface area contributed by atoms with Crippen molar-refractivity contribution in [1.82, 2.24) is 4.90 Å². The van der Waals surface area contributed by atoms with Crippen LogP contribution < -0.4 is 10.5 Å². The van der Waals surface area contributed by atoms with E-state index in [0.717, 1.165) is 24.8 Å². The van der Waals surface area contributed by atoms with E-state index in [9.17, 15) is 9.18 Å². The van der Waals surface area contributed by atoms with Crippen LogP contribution in [0.3, 0.4) is 0 Å². The van der Waals surface area contributed by atoms with Gasteiger partial charge in [-0.15, -0.1) is 0 Å². The van der Waals surface area contributed by atoms with E-state index in [1.807, 2.05) is 6.07 Å². The molecule has 0 atom stereocenters. The molecule has 128 valence electrons. The Kier molecular flexibility index (Phi) is 7.39. The fraction of sp³-hybridized carbons (Fsp3) is 0.500. The van der Waals surface area contributed by atoms with Gasteiger partial charge in [-0.1, -0.05) is 0 Å². The van der Waals surface area contributed by atoms with Crippen LogP contribution in [0.1, 0.15) is 36.7 Å². The molecule has 0 aliphatic heterocycles. The summed E-state index contributed by atoms with van der Waals surface area (Å²) < 4.78 is 18.1. The fourth-order valence-electron chi connectivity index (χ4n) is 1.94. The number of nitrogens with two attached hydrogens (primary N) is 1. The molecule has 0 unspecified atom stereocenters. The number of hydrogen-bond donors (Lipinski definition) is 1. The smallest absolute Gasteiger partial charge is 0.150 e. The predicted octanol–water partition coefficient (Wildman–Crippen LogP) is 2.96. The number of likely N-dealkylation sites (N-methyl/N-ethyl adjacent to an activating group) is 1. The average Bonchev–Trinajstić information content (AvgIpc) is 2.52. The van der Waals surface area contributed by atoms with Crippen molar-refractivity contribution in [3.63, 3.8) is 0 Å². The lowest BCUT2D eigenvalue weighted by Gasteiger charge is -2.32. The van der Waals surface area contributed by atoms with E-state index >= 15 is 0 Å². The van der Waals surface area contributed by atoms with Crippen LogP contribution in [0.25, 0.3) is 0 Å². The quantitative estimate of drug-likeness (QED) is 0.748. The maximum absolute atomic E-state index is 12.5. The largest absolute Gasteiger partial charge is 0.489 e. The second-order valence-corrected chi connectivity index (χ2v) is 6.58. The van der Waals surface area contributed by atoms with Crippen molar-refractivity contribution in [3.8, 4) is 5.75 Å². The summed E-state index contributed by atoms with van der Waals surface area (Å²) in [5.41, 5.74) is 7.43. The first-order chi connectivity index (χ1) is 10.8. The van der Waals surface area contributed by atoms with Crippen LogP contribution in [0.15, 0.2) is 30.1 Å². The van der Waals surface area contributed by atoms with Crippen LogP contribution in [0.4, 0.5) is 4.39 Å². The Morgan fingerprint density at radius 3 is 2.61 bits per heavy atom. The van der Waals surface area contributed by atoms with Gasteiger partial charge in [0.2, 0.25) is 0 Å². The number of nitrogens with zero attached hydrogens (tertiary/aromatic N) is 1. The highest BCUT2D eigenvalue weighted by molar-refractivity contribution is 5.77. The number of hydrogen-bond acceptors (Lipinski definition) is 4. The minimum Gasteiger partial charge on any atom is -0.489 e. The zero-order valence-corrected chi connectivity index (χ0v) is 14.4. The monoisotopic (exact) mass is 322 g/mol. The molecule has 1 aromatic rings. The van der Waals surface area contributed by atoms with E-state index in [-0.39, 0.29) is 18.7 Å². The van der Waals surface area contributed by atoms with Gasteiger partial charge < -0.3 is 15.4 Å². The van der Waals surface area contributed by atoms with E-state index in [1.54, 1.807) is 12.1 Å². The minimum atomic E-state index is 0.0669. The van der Waals surface area contributed by atoms with E-state index in [2.05, 4.69) is 32.7 Å². The molecule has 0 aliphatic carbocycles. The molecule has 0 saturated heterocycles. The first-order valence-electron chi connectivity index (χ1n) is 7.72. The van der Waals surface area contributed by atoms with Crippen molar-refractivity contribution in [3.05, 3.63) is 41.2 Å². The standard InChI is InChI=1S/C18H27FN2O2/c1-18(2,3)21(4)8-7-15-9-17(6-5-16(15)12-22)23-13-14(10-19)11-20/h5-6,9-10,12H,7-8,11,13,20H2,1-4H3/b14-10+.